The monoisotopic (exact) mass is 616 g/mol. The van der Waals surface area contributed by atoms with Gasteiger partial charge in [0.25, 0.3) is 0 Å². The van der Waals surface area contributed by atoms with Crippen LogP contribution in [0.2, 0.25) is 0 Å². The highest BCUT2D eigenvalue weighted by Crippen LogP contribution is 2.25. The Morgan fingerprint density at radius 2 is 1.09 bits per heavy atom. The molecule has 0 amide bonds. The third kappa shape index (κ3) is 12.7. The van der Waals surface area contributed by atoms with Crippen LogP contribution in [0.3, 0.4) is 0 Å². The highest BCUT2D eigenvalue weighted by molar-refractivity contribution is 5.91. The summed E-state index contributed by atoms with van der Waals surface area (Å²) >= 11 is 0. The number of hydrogen-bond donors (Lipinski definition) is 1. The number of carbonyl (C=O) groups is 3. The number of aliphatic hydroxyl groups excluding tert-OH is 1. The number of carbonyl (C=O) groups excluding carboxylic acids is 3. The van der Waals surface area contributed by atoms with Crippen molar-refractivity contribution in [2.75, 3.05) is 33.0 Å². The third-order valence-corrected chi connectivity index (χ3v) is 6.58. The average molecular weight is 617 g/mol. The molecule has 1 N–H and O–H groups in total. The van der Waals surface area contributed by atoms with E-state index in [1.807, 2.05) is 36.4 Å². The zero-order chi connectivity index (χ0) is 32.3. The number of rotatable bonds is 20. The van der Waals surface area contributed by atoms with Gasteiger partial charge in [-0.15, -0.1) is 0 Å². The molecule has 238 valence electrons. The van der Waals surface area contributed by atoms with E-state index in [1.54, 1.807) is 36.4 Å². The molecule has 0 bridgehead atoms. The first-order chi connectivity index (χ1) is 21.9. The molecule has 45 heavy (non-hydrogen) atoms. The number of esters is 3. The number of hydrogen-bond acceptors (Lipinski definition) is 9. The van der Waals surface area contributed by atoms with Gasteiger partial charge in [0.15, 0.2) is 0 Å². The first kappa shape index (κ1) is 34.6. The quantitative estimate of drug-likeness (QED) is 0.0658. The largest absolute Gasteiger partial charge is 0.494 e. The van der Waals surface area contributed by atoms with Crippen molar-refractivity contribution in [3.05, 3.63) is 103 Å². The van der Waals surface area contributed by atoms with Gasteiger partial charge in [-0.3, -0.25) is 0 Å². The number of benzene rings is 3. The van der Waals surface area contributed by atoms with Crippen LogP contribution in [0.5, 0.6) is 17.2 Å². The van der Waals surface area contributed by atoms with Crippen molar-refractivity contribution in [1.29, 1.82) is 0 Å². The minimum Gasteiger partial charge on any atom is -0.494 e. The average Bonchev–Trinajstić information content (AvgIpc) is 3.07. The Balaban J connectivity index is 1.34. The van der Waals surface area contributed by atoms with Crippen LogP contribution in [0.4, 0.5) is 0 Å². The number of ether oxygens (including phenoxy) is 5. The Labute approximate surface area is 264 Å². The summed E-state index contributed by atoms with van der Waals surface area (Å²) in [7, 11) is 0. The molecule has 0 saturated heterocycles. The van der Waals surface area contributed by atoms with Crippen LogP contribution < -0.4 is 14.2 Å². The fraction of sp³-hybridized carbons (Fsp3) is 0.306. The Bertz CT molecular complexity index is 1380. The van der Waals surface area contributed by atoms with Gasteiger partial charge in [-0.2, -0.15) is 0 Å². The molecule has 3 rings (SSSR count). The van der Waals surface area contributed by atoms with Gasteiger partial charge in [0.2, 0.25) is 0 Å². The van der Waals surface area contributed by atoms with Crippen molar-refractivity contribution in [2.24, 2.45) is 0 Å². The molecule has 0 heterocycles. The molecule has 0 aliphatic rings. The van der Waals surface area contributed by atoms with E-state index >= 15 is 0 Å². The fourth-order valence-electron chi connectivity index (χ4n) is 4.02. The molecule has 0 aromatic heterocycles. The lowest BCUT2D eigenvalue weighted by atomic mass is 10.1. The molecule has 9 nitrogen and oxygen atoms in total. The predicted octanol–water partition coefficient (Wildman–Crippen LogP) is 6.49. The van der Waals surface area contributed by atoms with Gasteiger partial charge in [-0.1, -0.05) is 37.4 Å². The van der Waals surface area contributed by atoms with E-state index in [4.69, 9.17) is 28.8 Å². The van der Waals surface area contributed by atoms with Crippen LogP contribution in [0.1, 0.15) is 48.9 Å². The summed E-state index contributed by atoms with van der Waals surface area (Å²) in [5, 5.41) is 8.86. The lowest BCUT2D eigenvalue weighted by Gasteiger charge is -2.09. The highest BCUT2D eigenvalue weighted by Gasteiger charge is 2.10. The molecule has 0 spiro atoms. The molecule has 3 aromatic rings. The van der Waals surface area contributed by atoms with Gasteiger partial charge in [-0.05, 0) is 98.2 Å². The summed E-state index contributed by atoms with van der Waals surface area (Å²) in [4.78, 5) is 35.1. The maximum Gasteiger partial charge on any atom is 0.343 e. The topological polar surface area (TPSA) is 118 Å². The van der Waals surface area contributed by atoms with E-state index in [0.717, 1.165) is 48.6 Å². The maximum absolute atomic E-state index is 12.6. The van der Waals surface area contributed by atoms with Gasteiger partial charge in [0, 0.05) is 6.08 Å². The second-order valence-electron chi connectivity index (χ2n) is 10.1. The Morgan fingerprint density at radius 1 is 0.622 bits per heavy atom. The predicted molar refractivity (Wildman–Crippen MR) is 170 cm³/mol. The molecule has 0 radical (unpaired) electrons. The van der Waals surface area contributed by atoms with Gasteiger partial charge >= 0.3 is 17.9 Å². The van der Waals surface area contributed by atoms with Gasteiger partial charge in [0.05, 0.1) is 44.2 Å². The Kier molecular flexibility index (Phi) is 14.9. The van der Waals surface area contributed by atoms with Crippen LogP contribution in [0.25, 0.3) is 11.1 Å². The summed E-state index contributed by atoms with van der Waals surface area (Å²) in [5.41, 5.74) is 2.41. The lowest BCUT2D eigenvalue weighted by Crippen LogP contribution is -2.11. The zero-order valence-electron chi connectivity index (χ0n) is 25.4. The summed E-state index contributed by atoms with van der Waals surface area (Å²) in [6, 6.07) is 21.8. The van der Waals surface area contributed by atoms with Gasteiger partial charge in [-0.25, -0.2) is 14.4 Å². The van der Waals surface area contributed by atoms with E-state index < -0.39 is 24.5 Å². The third-order valence-electron chi connectivity index (χ3n) is 6.58. The Hall–Kier alpha value is -4.89. The van der Waals surface area contributed by atoms with Crippen molar-refractivity contribution < 1.29 is 43.2 Å². The summed E-state index contributed by atoms with van der Waals surface area (Å²) in [6.45, 7) is 8.06. The van der Waals surface area contributed by atoms with Crippen LogP contribution in [-0.4, -0.2) is 56.0 Å². The lowest BCUT2D eigenvalue weighted by molar-refractivity contribution is -0.140. The minimum atomic E-state index is -0.584. The number of unbranched alkanes of at least 4 members (excludes halogenated alkanes) is 4. The normalized spacial score (nSPS) is 10.4. The van der Waals surface area contributed by atoms with Crippen molar-refractivity contribution in [3.8, 4) is 28.4 Å². The SMILES string of the molecule is C=CC(=O)OCCCCCCOc1ccc(C(=O)Oc2ccc(-c3ccc(OCCCCOC(=O)C(=C)CO)cc3)cc2)cc1. The molecule has 0 aliphatic heterocycles. The molecule has 0 fully saturated rings. The van der Waals surface area contributed by atoms with Crippen LogP contribution >= 0.6 is 0 Å². The van der Waals surface area contributed by atoms with E-state index in [9.17, 15) is 14.4 Å². The van der Waals surface area contributed by atoms with Crippen molar-refractivity contribution in [1.82, 2.24) is 0 Å². The molecule has 0 aliphatic carbocycles. The van der Waals surface area contributed by atoms with Crippen LogP contribution in [0, 0.1) is 0 Å². The smallest absolute Gasteiger partial charge is 0.343 e. The highest BCUT2D eigenvalue weighted by atomic mass is 16.5. The minimum absolute atomic E-state index is 0.0400. The second kappa shape index (κ2) is 19.4. The molecule has 0 saturated carbocycles. The first-order valence-corrected chi connectivity index (χ1v) is 14.9. The van der Waals surface area contributed by atoms with Gasteiger partial charge < -0.3 is 28.8 Å². The van der Waals surface area contributed by atoms with Crippen molar-refractivity contribution in [2.45, 2.75) is 38.5 Å². The zero-order valence-corrected chi connectivity index (χ0v) is 25.4. The number of aliphatic hydroxyl groups is 1. The molecule has 3 aromatic carbocycles. The first-order valence-electron chi connectivity index (χ1n) is 14.9. The Morgan fingerprint density at radius 3 is 1.64 bits per heavy atom. The van der Waals surface area contributed by atoms with E-state index in [0.29, 0.717) is 49.7 Å². The van der Waals surface area contributed by atoms with Crippen LogP contribution in [0.15, 0.2) is 97.6 Å². The van der Waals surface area contributed by atoms with E-state index in [1.165, 1.54) is 0 Å². The standard InChI is InChI=1S/C36H40O9/c1-3-34(38)43-24-7-5-4-6-22-41-32-18-14-30(15-19-32)36(40)45-33-20-12-29(13-21-33)28-10-16-31(17-11-28)42-23-8-9-25-44-35(39)27(2)26-37/h3,10-21,37H,1-2,4-9,22-26H2. The summed E-state index contributed by atoms with van der Waals surface area (Å²) in [6.07, 6.45) is 6.09. The molecule has 0 atom stereocenters. The van der Waals surface area contributed by atoms with Gasteiger partial charge in [0.1, 0.15) is 17.2 Å². The van der Waals surface area contributed by atoms with Crippen molar-refractivity contribution >= 4 is 17.9 Å². The van der Waals surface area contributed by atoms with Crippen LogP contribution in [-0.2, 0) is 19.1 Å². The molecule has 9 heteroatoms. The maximum atomic E-state index is 12.6. The fourth-order valence-corrected chi connectivity index (χ4v) is 4.02. The van der Waals surface area contributed by atoms with Crippen molar-refractivity contribution in [3.63, 3.8) is 0 Å². The van der Waals surface area contributed by atoms with E-state index in [-0.39, 0.29) is 12.2 Å². The second-order valence-corrected chi connectivity index (χ2v) is 10.1. The summed E-state index contributed by atoms with van der Waals surface area (Å²) < 4.78 is 27.0. The van der Waals surface area contributed by atoms with E-state index in [2.05, 4.69) is 13.2 Å². The molecular weight excluding hydrogens is 576 g/mol. The molecular formula is C36H40O9. The molecule has 0 unspecified atom stereocenters. The summed E-state index contributed by atoms with van der Waals surface area (Å²) in [5.74, 6) is 0.408.